The van der Waals surface area contributed by atoms with Crippen LogP contribution in [0.5, 0.6) is 0 Å². The Bertz CT molecular complexity index is 1030. The number of nitrogens with zero attached hydrogens (tertiary/aromatic N) is 2. The van der Waals surface area contributed by atoms with Crippen molar-refractivity contribution in [2.45, 2.75) is 30.3 Å². The van der Waals surface area contributed by atoms with E-state index in [1.165, 1.54) is 10.6 Å². The van der Waals surface area contributed by atoms with E-state index in [4.69, 9.17) is 0 Å². The molecule has 0 atom stereocenters. The third-order valence-electron chi connectivity index (χ3n) is 6.23. The van der Waals surface area contributed by atoms with E-state index in [0.29, 0.717) is 44.6 Å². The van der Waals surface area contributed by atoms with Crippen molar-refractivity contribution < 1.29 is 14.7 Å². The minimum Gasteiger partial charge on any atom is -0.380 e. The summed E-state index contributed by atoms with van der Waals surface area (Å²) in [4.78, 5) is 30.0. The first-order valence-electron chi connectivity index (χ1n) is 10.4. The zero-order valence-corrected chi connectivity index (χ0v) is 17.8. The second kappa shape index (κ2) is 7.32. The maximum Gasteiger partial charge on any atom is 0.254 e. The van der Waals surface area contributed by atoms with E-state index in [2.05, 4.69) is 23.5 Å². The van der Waals surface area contributed by atoms with Crippen molar-refractivity contribution in [1.29, 1.82) is 0 Å². The summed E-state index contributed by atoms with van der Waals surface area (Å²) in [6.07, 6.45) is 1.10. The van der Waals surface area contributed by atoms with Gasteiger partial charge in [0.2, 0.25) is 0 Å². The molecule has 0 radical (unpaired) electrons. The molecular formula is C23H25N3O3S. The van der Waals surface area contributed by atoms with E-state index in [1.807, 2.05) is 25.1 Å². The summed E-state index contributed by atoms with van der Waals surface area (Å²) in [5.41, 5.74) is 4.04. The highest BCUT2D eigenvalue weighted by Gasteiger charge is 2.50. The average molecular weight is 424 g/mol. The molecule has 1 saturated carbocycles. The second-order valence-corrected chi connectivity index (χ2v) is 9.34. The molecule has 2 heterocycles. The molecule has 2 N–H and O–H groups in total. The van der Waals surface area contributed by atoms with E-state index in [-0.39, 0.29) is 11.8 Å². The molecule has 0 bridgehead atoms. The van der Waals surface area contributed by atoms with E-state index in [0.717, 1.165) is 22.6 Å². The van der Waals surface area contributed by atoms with Crippen LogP contribution in [-0.2, 0) is 4.79 Å². The summed E-state index contributed by atoms with van der Waals surface area (Å²) < 4.78 is 0. The molecule has 0 unspecified atom stereocenters. The van der Waals surface area contributed by atoms with Crippen molar-refractivity contribution in [3.8, 4) is 11.1 Å². The highest BCUT2D eigenvalue weighted by Crippen LogP contribution is 2.38. The number of fused-ring (bicyclic) bond motifs is 1. The number of hydrogen-bond donors (Lipinski definition) is 2. The van der Waals surface area contributed by atoms with Gasteiger partial charge in [-0.15, -0.1) is 11.8 Å². The number of piperazine rings is 1. The van der Waals surface area contributed by atoms with Crippen LogP contribution in [0.4, 0.5) is 5.69 Å². The number of amides is 2. The maximum atomic E-state index is 13.0. The molecule has 2 aromatic carbocycles. The molecule has 2 amide bonds. The third kappa shape index (κ3) is 3.46. The summed E-state index contributed by atoms with van der Waals surface area (Å²) >= 11 is 1.81. The van der Waals surface area contributed by atoms with Crippen molar-refractivity contribution in [1.82, 2.24) is 9.80 Å². The lowest BCUT2D eigenvalue weighted by atomic mass is 9.97. The van der Waals surface area contributed by atoms with Gasteiger partial charge in [-0.3, -0.25) is 9.59 Å². The first kappa shape index (κ1) is 19.5. The number of nitrogens with one attached hydrogen (secondary N) is 1. The van der Waals surface area contributed by atoms with Crippen LogP contribution in [0, 0.1) is 6.92 Å². The van der Waals surface area contributed by atoms with Crippen LogP contribution >= 0.6 is 11.8 Å². The second-order valence-electron chi connectivity index (χ2n) is 8.32. The zero-order chi connectivity index (χ0) is 20.9. The molecule has 30 heavy (non-hydrogen) atoms. The van der Waals surface area contributed by atoms with Gasteiger partial charge in [0.25, 0.3) is 11.8 Å². The molecule has 2 aliphatic heterocycles. The van der Waals surface area contributed by atoms with Gasteiger partial charge >= 0.3 is 0 Å². The summed E-state index contributed by atoms with van der Waals surface area (Å²) in [7, 11) is 0. The fourth-order valence-corrected chi connectivity index (χ4v) is 5.03. The van der Waals surface area contributed by atoms with Gasteiger partial charge in [-0.25, -0.2) is 0 Å². The maximum absolute atomic E-state index is 13.0. The van der Waals surface area contributed by atoms with Crippen molar-refractivity contribution in [2.75, 3.05) is 37.4 Å². The van der Waals surface area contributed by atoms with E-state index in [1.54, 1.807) is 21.6 Å². The number of aliphatic hydroxyl groups is 1. The van der Waals surface area contributed by atoms with Gasteiger partial charge < -0.3 is 20.2 Å². The predicted molar refractivity (Wildman–Crippen MR) is 118 cm³/mol. The van der Waals surface area contributed by atoms with Gasteiger partial charge in [0.1, 0.15) is 5.60 Å². The number of anilines is 1. The number of aryl methyl sites for hydroxylation is 1. The minimum atomic E-state index is -1.13. The number of thioether (sulfide) groups is 1. The van der Waals surface area contributed by atoms with Crippen molar-refractivity contribution in [3.63, 3.8) is 0 Å². The van der Waals surface area contributed by atoms with Crippen LogP contribution in [0.3, 0.4) is 0 Å². The van der Waals surface area contributed by atoms with Crippen LogP contribution < -0.4 is 5.32 Å². The Hall–Kier alpha value is -2.51. The Morgan fingerprint density at radius 2 is 1.77 bits per heavy atom. The SMILES string of the molecule is Cc1cc(C(=O)N2CCN(C(=O)C3(O)CC3)CC2)ccc1-c1ccc2c(c1)NCS2. The van der Waals surface area contributed by atoms with Crippen LogP contribution in [0.1, 0.15) is 28.8 Å². The van der Waals surface area contributed by atoms with Gasteiger partial charge in [-0.2, -0.15) is 0 Å². The Labute approximate surface area is 180 Å². The van der Waals surface area contributed by atoms with Gasteiger partial charge in [-0.1, -0.05) is 12.1 Å². The molecule has 1 saturated heterocycles. The lowest BCUT2D eigenvalue weighted by Gasteiger charge is -2.35. The highest BCUT2D eigenvalue weighted by atomic mass is 32.2. The molecule has 0 spiro atoms. The fraction of sp³-hybridized carbons (Fsp3) is 0.391. The molecule has 2 aromatic rings. The standard InChI is InChI=1S/C23H25N3O3S/c1-15-12-17(2-4-18(15)16-3-5-20-19(13-16)24-14-30-20)21(27)25-8-10-26(11-9-25)22(28)23(29)6-7-23/h2-5,12-13,24,29H,6-11,14H2,1H3. The molecule has 7 heteroatoms. The Balaban J connectivity index is 1.28. The van der Waals surface area contributed by atoms with Gasteiger partial charge in [0.05, 0.1) is 5.88 Å². The van der Waals surface area contributed by atoms with Gasteiger partial charge in [0, 0.05) is 42.3 Å². The first-order valence-corrected chi connectivity index (χ1v) is 11.4. The quantitative estimate of drug-likeness (QED) is 0.794. The molecular weight excluding hydrogens is 398 g/mol. The summed E-state index contributed by atoms with van der Waals surface area (Å²) in [6.45, 7) is 3.98. The number of hydrogen-bond acceptors (Lipinski definition) is 5. The molecule has 156 valence electrons. The summed E-state index contributed by atoms with van der Waals surface area (Å²) in [5.74, 6) is 0.717. The Morgan fingerprint density at radius 1 is 1.03 bits per heavy atom. The van der Waals surface area contributed by atoms with E-state index >= 15 is 0 Å². The van der Waals surface area contributed by atoms with Gasteiger partial charge in [0.15, 0.2) is 0 Å². The molecule has 6 nitrogen and oxygen atoms in total. The largest absolute Gasteiger partial charge is 0.380 e. The highest BCUT2D eigenvalue weighted by molar-refractivity contribution is 7.99. The van der Waals surface area contributed by atoms with Crippen LogP contribution in [0.15, 0.2) is 41.3 Å². The smallest absolute Gasteiger partial charge is 0.254 e. The molecule has 2 fully saturated rings. The predicted octanol–water partition coefficient (Wildman–Crippen LogP) is 2.95. The molecule has 0 aromatic heterocycles. The number of rotatable bonds is 3. The first-order chi connectivity index (χ1) is 14.4. The third-order valence-corrected chi connectivity index (χ3v) is 7.19. The molecule has 3 aliphatic rings. The van der Waals surface area contributed by atoms with Crippen LogP contribution in [0.25, 0.3) is 11.1 Å². The molecule has 5 rings (SSSR count). The summed E-state index contributed by atoms with van der Waals surface area (Å²) in [6, 6.07) is 12.3. The average Bonchev–Trinajstić information content (AvgIpc) is 3.34. The topological polar surface area (TPSA) is 72.9 Å². The van der Waals surface area contributed by atoms with Crippen molar-refractivity contribution >= 4 is 29.3 Å². The fourth-order valence-electron chi connectivity index (χ4n) is 4.20. The van der Waals surface area contributed by atoms with Crippen molar-refractivity contribution in [2.24, 2.45) is 0 Å². The number of carbonyl (C=O) groups excluding carboxylic acids is 2. The number of benzene rings is 2. The Morgan fingerprint density at radius 3 is 2.47 bits per heavy atom. The van der Waals surface area contributed by atoms with E-state index < -0.39 is 5.60 Å². The van der Waals surface area contributed by atoms with Crippen LogP contribution in [0.2, 0.25) is 0 Å². The van der Waals surface area contributed by atoms with Crippen molar-refractivity contribution in [3.05, 3.63) is 47.5 Å². The lowest BCUT2D eigenvalue weighted by Crippen LogP contribution is -2.53. The lowest BCUT2D eigenvalue weighted by molar-refractivity contribution is -0.143. The normalized spacial score (nSPS) is 19.3. The molecule has 1 aliphatic carbocycles. The van der Waals surface area contributed by atoms with Gasteiger partial charge in [-0.05, 0) is 60.7 Å². The van der Waals surface area contributed by atoms with E-state index in [9.17, 15) is 14.7 Å². The summed E-state index contributed by atoms with van der Waals surface area (Å²) in [5, 5.41) is 13.4. The zero-order valence-electron chi connectivity index (χ0n) is 17.0. The minimum absolute atomic E-state index is 0.00565. The number of carbonyl (C=O) groups is 2. The van der Waals surface area contributed by atoms with Crippen LogP contribution in [-0.4, -0.2) is 64.4 Å². The Kier molecular flexibility index (Phi) is 4.75. The monoisotopic (exact) mass is 423 g/mol.